The third kappa shape index (κ3) is 3.49. The Balaban J connectivity index is 1.76. The van der Waals surface area contributed by atoms with E-state index in [0.717, 1.165) is 29.8 Å². The standard InChI is InChI=1S/C21H22N2O3S/c1-3-27(24,25)21-12-16(15-4-5-15)6-11-19(21)20-13-23(14-22-20)17-7-9-18(26-2)10-8-17/h6-15H,3-5H2,1-2H3. The molecule has 4 rings (SSSR count). The highest BCUT2D eigenvalue weighted by Gasteiger charge is 2.27. The number of hydrogen-bond acceptors (Lipinski definition) is 4. The Morgan fingerprint density at radius 3 is 2.52 bits per heavy atom. The molecule has 0 aliphatic heterocycles. The first-order chi connectivity index (χ1) is 13.0. The van der Waals surface area contributed by atoms with Crippen molar-refractivity contribution < 1.29 is 13.2 Å². The van der Waals surface area contributed by atoms with Gasteiger partial charge in [-0.1, -0.05) is 19.1 Å². The summed E-state index contributed by atoms with van der Waals surface area (Å²) < 4.78 is 32.4. The minimum absolute atomic E-state index is 0.0767. The van der Waals surface area contributed by atoms with Gasteiger partial charge in [-0.2, -0.15) is 0 Å². The van der Waals surface area contributed by atoms with Crippen LogP contribution in [0.1, 0.15) is 31.2 Å². The van der Waals surface area contributed by atoms with E-state index >= 15 is 0 Å². The van der Waals surface area contributed by atoms with E-state index in [0.29, 0.717) is 22.1 Å². The quantitative estimate of drug-likeness (QED) is 0.640. The Kier molecular flexibility index (Phi) is 4.52. The van der Waals surface area contributed by atoms with Crippen molar-refractivity contribution in [1.82, 2.24) is 9.55 Å². The molecule has 0 saturated heterocycles. The number of aromatic nitrogens is 2. The van der Waals surface area contributed by atoms with Gasteiger partial charge >= 0.3 is 0 Å². The molecular formula is C21H22N2O3S. The minimum Gasteiger partial charge on any atom is -0.497 e. The van der Waals surface area contributed by atoms with Gasteiger partial charge in [0.2, 0.25) is 0 Å². The maximum absolute atomic E-state index is 12.7. The van der Waals surface area contributed by atoms with Crippen LogP contribution in [-0.4, -0.2) is 30.8 Å². The van der Waals surface area contributed by atoms with E-state index in [1.54, 1.807) is 20.4 Å². The summed E-state index contributed by atoms with van der Waals surface area (Å²) in [5, 5.41) is 0. The summed E-state index contributed by atoms with van der Waals surface area (Å²) in [6.07, 6.45) is 5.84. The Morgan fingerprint density at radius 1 is 1.15 bits per heavy atom. The molecule has 0 unspecified atom stereocenters. The van der Waals surface area contributed by atoms with Crippen molar-refractivity contribution in [3.63, 3.8) is 0 Å². The molecule has 140 valence electrons. The fraction of sp³-hybridized carbons (Fsp3) is 0.286. The summed E-state index contributed by atoms with van der Waals surface area (Å²) >= 11 is 0. The maximum atomic E-state index is 12.7. The molecule has 0 radical (unpaired) electrons. The van der Waals surface area contributed by atoms with Crippen LogP contribution in [0.3, 0.4) is 0 Å². The van der Waals surface area contributed by atoms with Crippen molar-refractivity contribution in [2.24, 2.45) is 0 Å². The van der Waals surface area contributed by atoms with E-state index in [-0.39, 0.29) is 5.75 Å². The highest BCUT2D eigenvalue weighted by molar-refractivity contribution is 7.91. The van der Waals surface area contributed by atoms with Crippen molar-refractivity contribution in [2.75, 3.05) is 12.9 Å². The van der Waals surface area contributed by atoms with Crippen molar-refractivity contribution >= 4 is 9.84 Å². The second-order valence-electron chi connectivity index (χ2n) is 6.80. The average molecular weight is 382 g/mol. The van der Waals surface area contributed by atoms with Gasteiger partial charge in [0.25, 0.3) is 0 Å². The maximum Gasteiger partial charge on any atom is 0.178 e. The van der Waals surface area contributed by atoms with Gasteiger partial charge in [0, 0.05) is 17.4 Å². The number of imidazole rings is 1. The molecule has 5 nitrogen and oxygen atoms in total. The molecule has 1 fully saturated rings. The predicted molar refractivity (Wildman–Crippen MR) is 105 cm³/mol. The van der Waals surface area contributed by atoms with Crippen molar-refractivity contribution in [3.8, 4) is 22.7 Å². The summed E-state index contributed by atoms with van der Waals surface area (Å²) in [7, 11) is -1.71. The van der Waals surface area contributed by atoms with Crippen molar-refractivity contribution in [2.45, 2.75) is 30.6 Å². The number of ether oxygens (including phenoxy) is 1. The van der Waals surface area contributed by atoms with Gasteiger partial charge in [0.1, 0.15) is 5.75 Å². The van der Waals surface area contributed by atoms with Crippen LogP contribution >= 0.6 is 0 Å². The van der Waals surface area contributed by atoms with E-state index in [1.807, 2.05) is 53.2 Å². The third-order valence-electron chi connectivity index (χ3n) is 5.00. The average Bonchev–Trinajstić information content (AvgIpc) is 3.44. The van der Waals surface area contributed by atoms with Gasteiger partial charge in [-0.05, 0) is 54.7 Å². The first-order valence-electron chi connectivity index (χ1n) is 9.07. The number of methoxy groups -OCH3 is 1. The van der Waals surface area contributed by atoms with E-state index in [4.69, 9.17) is 4.74 Å². The van der Waals surface area contributed by atoms with Gasteiger partial charge in [0.05, 0.1) is 29.8 Å². The zero-order chi connectivity index (χ0) is 19.0. The van der Waals surface area contributed by atoms with E-state index in [2.05, 4.69) is 4.98 Å². The summed E-state index contributed by atoms with van der Waals surface area (Å²) in [4.78, 5) is 4.85. The Labute approximate surface area is 159 Å². The molecule has 1 aromatic heterocycles. The van der Waals surface area contributed by atoms with Crippen LogP contribution in [-0.2, 0) is 9.84 Å². The second kappa shape index (κ2) is 6.85. The highest BCUT2D eigenvalue weighted by Crippen LogP contribution is 2.42. The fourth-order valence-corrected chi connectivity index (χ4v) is 4.33. The highest BCUT2D eigenvalue weighted by atomic mass is 32.2. The van der Waals surface area contributed by atoms with Crippen LogP contribution < -0.4 is 4.74 Å². The normalized spacial score (nSPS) is 14.3. The van der Waals surface area contributed by atoms with Gasteiger partial charge < -0.3 is 9.30 Å². The number of benzene rings is 2. The summed E-state index contributed by atoms with van der Waals surface area (Å²) in [6.45, 7) is 1.68. The molecule has 2 aromatic carbocycles. The van der Waals surface area contributed by atoms with Crippen molar-refractivity contribution in [1.29, 1.82) is 0 Å². The molecular weight excluding hydrogens is 360 g/mol. The first kappa shape index (κ1) is 17.8. The van der Waals surface area contributed by atoms with Gasteiger partial charge in [-0.15, -0.1) is 0 Å². The predicted octanol–water partition coefficient (Wildman–Crippen LogP) is 4.22. The number of nitrogens with zero attached hydrogens (tertiary/aromatic N) is 2. The molecule has 0 N–H and O–H groups in total. The third-order valence-corrected chi connectivity index (χ3v) is 6.77. The number of sulfone groups is 1. The molecule has 3 aromatic rings. The lowest BCUT2D eigenvalue weighted by atomic mass is 10.1. The molecule has 0 atom stereocenters. The minimum atomic E-state index is -3.34. The lowest BCUT2D eigenvalue weighted by Crippen LogP contribution is -2.06. The molecule has 0 amide bonds. The summed E-state index contributed by atoms with van der Waals surface area (Å²) in [5.74, 6) is 1.36. The number of rotatable bonds is 6. The van der Waals surface area contributed by atoms with E-state index < -0.39 is 9.84 Å². The second-order valence-corrected chi connectivity index (χ2v) is 9.04. The Hall–Kier alpha value is -2.60. The molecule has 6 heteroatoms. The molecule has 1 aliphatic carbocycles. The molecule has 1 aliphatic rings. The summed E-state index contributed by atoms with van der Waals surface area (Å²) in [5.41, 5.74) is 3.36. The zero-order valence-electron chi connectivity index (χ0n) is 15.4. The van der Waals surface area contributed by atoms with E-state index in [9.17, 15) is 8.42 Å². The van der Waals surface area contributed by atoms with Crippen LogP contribution in [0.2, 0.25) is 0 Å². The summed E-state index contributed by atoms with van der Waals surface area (Å²) in [6, 6.07) is 13.4. The molecule has 0 spiro atoms. The Bertz CT molecular complexity index is 1070. The van der Waals surface area contributed by atoms with Crippen LogP contribution in [0.15, 0.2) is 59.9 Å². The van der Waals surface area contributed by atoms with E-state index in [1.165, 1.54) is 0 Å². The smallest absolute Gasteiger partial charge is 0.178 e. The topological polar surface area (TPSA) is 61.2 Å². The molecule has 0 bridgehead atoms. The largest absolute Gasteiger partial charge is 0.497 e. The lowest BCUT2D eigenvalue weighted by Gasteiger charge is -2.10. The SMILES string of the molecule is CCS(=O)(=O)c1cc(C2CC2)ccc1-c1cn(-c2ccc(OC)cc2)cn1. The zero-order valence-corrected chi connectivity index (χ0v) is 16.2. The lowest BCUT2D eigenvalue weighted by molar-refractivity contribution is 0.414. The van der Waals surface area contributed by atoms with Gasteiger partial charge in [-0.25, -0.2) is 13.4 Å². The number of hydrogen-bond donors (Lipinski definition) is 0. The van der Waals surface area contributed by atoms with Crippen LogP contribution in [0.4, 0.5) is 0 Å². The van der Waals surface area contributed by atoms with Crippen LogP contribution in [0.25, 0.3) is 16.9 Å². The first-order valence-corrected chi connectivity index (χ1v) is 10.7. The Morgan fingerprint density at radius 2 is 1.89 bits per heavy atom. The monoisotopic (exact) mass is 382 g/mol. The van der Waals surface area contributed by atoms with Gasteiger partial charge in [0.15, 0.2) is 9.84 Å². The van der Waals surface area contributed by atoms with Crippen LogP contribution in [0.5, 0.6) is 5.75 Å². The molecule has 1 saturated carbocycles. The molecule has 1 heterocycles. The van der Waals surface area contributed by atoms with Crippen LogP contribution in [0, 0.1) is 0 Å². The molecule has 27 heavy (non-hydrogen) atoms. The van der Waals surface area contributed by atoms with Crippen molar-refractivity contribution in [3.05, 3.63) is 60.6 Å². The fourth-order valence-electron chi connectivity index (χ4n) is 3.19. The van der Waals surface area contributed by atoms with Gasteiger partial charge in [-0.3, -0.25) is 0 Å².